The number of hydrogen-bond donors (Lipinski definition) is 1. The Morgan fingerprint density at radius 2 is 1.91 bits per heavy atom. The van der Waals surface area contributed by atoms with Crippen molar-refractivity contribution in [1.29, 1.82) is 0 Å². The largest absolute Gasteiger partial charge is 0.485 e. The number of para-hydroxylation sites is 2. The number of anilines is 1. The zero-order valence-corrected chi connectivity index (χ0v) is 18.7. The highest BCUT2D eigenvalue weighted by atomic mass is 32.1. The molecular formula is C22H24N2O7S. The van der Waals surface area contributed by atoms with Crippen LogP contribution in [-0.2, 0) is 27.2 Å². The number of nitrogens with zero attached hydrogens (tertiary/aromatic N) is 1. The van der Waals surface area contributed by atoms with Gasteiger partial charge in [0, 0.05) is 11.4 Å². The Labute approximate surface area is 189 Å². The molecule has 170 valence electrons. The van der Waals surface area contributed by atoms with Crippen molar-refractivity contribution < 1.29 is 33.3 Å². The maximum atomic E-state index is 12.9. The molecule has 1 aromatic carbocycles. The summed E-state index contributed by atoms with van der Waals surface area (Å²) in [6.45, 7) is 4.74. The molecule has 0 saturated carbocycles. The molecule has 2 aliphatic rings. The molecule has 1 N–H and O–H groups in total. The van der Waals surface area contributed by atoms with E-state index in [1.807, 2.05) is 6.07 Å². The number of carbonyl (C=O) groups is 3. The van der Waals surface area contributed by atoms with Crippen LogP contribution in [0.5, 0.6) is 11.5 Å². The zero-order chi connectivity index (χ0) is 22.7. The highest BCUT2D eigenvalue weighted by Crippen LogP contribution is 2.38. The van der Waals surface area contributed by atoms with Crippen molar-refractivity contribution in [2.75, 3.05) is 31.7 Å². The summed E-state index contributed by atoms with van der Waals surface area (Å²) in [5.74, 6) is 0.136. The Bertz CT molecular complexity index is 1040. The van der Waals surface area contributed by atoms with Crippen LogP contribution in [0.1, 0.15) is 34.6 Å². The van der Waals surface area contributed by atoms with Gasteiger partial charge in [-0.2, -0.15) is 0 Å². The van der Waals surface area contributed by atoms with Crippen LogP contribution in [0, 0.1) is 0 Å². The first-order valence-electron chi connectivity index (χ1n) is 10.4. The van der Waals surface area contributed by atoms with Crippen LogP contribution in [-0.4, -0.2) is 55.3 Å². The molecule has 0 saturated heterocycles. The van der Waals surface area contributed by atoms with Gasteiger partial charge in [0.25, 0.3) is 5.91 Å². The van der Waals surface area contributed by atoms with Gasteiger partial charge >= 0.3 is 12.1 Å². The Morgan fingerprint density at radius 1 is 1.16 bits per heavy atom. The van der Waals surface area contributed by atoms with E-state index in [0.29, 0.717) is 41.6 Å². The number of rotatable bonds is 5. The standard InChI is InChI=1S/C22H24N2O7S/c1-3-28-21(26)18-13-9-10-24(22(27)29-4-2)11-17(13)32-20(18)23-19(25)16-12-30-14-7-5-6-8-15(14)31-16/h5-8,16H,3-4,9-12H2,1-2H3,(H,23,25)/t16-/m1/s1. The minimum Gasteiger partial charge on any atom is -0.485 e. The molecule has 1 atom stereocenters. The van der Waals surface area contributed by atoms with Gasteiger partial charge in [-0.15, -0.1) is 11.3 Å². The average Bonchev–Trinajstić information content (AvgIpc) is 3.16. The monoisotopic (exact) mass is 460 g/mol. The first-order chi connectivity index (χ1) is 15.5. The van der Waals surface area contributed by atoms with Crippen LogP contribution in [0.25, 0.3) is 0 Å². The fourth-order valence-corrected chi connectivity index (χ4v) is 4.88. The molecule has 10 heteroatoms. The van der Waals surface area contributed by atoms with E-state index < -0.39 is 24.1 Å². The van der Waals surface area contributed by atoms with E-state index >= 15 is 0 Å². The van der Waals surface area contributed by atoms with E-state index in [4.69, 9.17) is 18.9 Å². The third-order valence-electron chi connectivity index (χ3n) is 5.10. The van der Waals surface area contributed by atoms with Gasteiger partial charge in [0.05, 0.1) is 25.3 Å². The minimum atomic E-state index is -0.866. The lowest BCUT2D eigenvalue weighted by Crippen LogP contribution is -2.40. The van der Waals surface area contributed by atoms with E-state index in [-0.39, 0.29) is 19.8 Å². The fourth-order valence-electron chi connectivity index (χ4n) is 3.62. The fraction of sp³-hybridized carbons (Fsp3) is 0.409. The highest BCUT2D eigenvalue weighted by Gasteiger charge is 2.34. The van der Waals surface area contributed by atoms with E-state index in [1.165, 1.54) is 11.3 Å². The van der Waals surface area contributed by atoms with Crippen LogP contribution >= 0.6 is 11.3 Å². The van der Waals surface area contributed by atoms with Gasteiger partial charge in [-0.05, 0) is 38.0 Å². The summed E-state index contributed by atoms with van der Waals surface area (Å²) in [5, 5.41) is 3.20. The number of fused-ring (bicyclic) bond motifs is 2. The number of esters is 1. The summed E-state index contributed by atoms with van der Waals surface area (Å²) in [6, 6.07) is 7.12. The summed E-state index contributed by atoms with van der Waals surface area (Å²) in [7, 11) is 0. The second-order valence-electron chi connectivity index (χ2n) is 7.15. The first kappa shape index (κ1) is 21.9. The Balaban J connectivity index is 1.56. The Morgan fingerprint density at radius 3 is 2.66 bits per heavy atom. The molecule has 1 aromatic heterocycles. The van der Waals surface area contributed by atoms with E-state index in [1.54, 1.807) is 36.9 Å². The van der Waals surface area contributed by atoms with Gasteiger partial charge in [0.15, 0.2) is 11.5 Å². The lowest BCUT2D eigenvalue weighted by atomic mass is 10.0. The molecule has 0 spiro atoms. The van der Waals surface area contributed by atoms with Crippen molar-refractivity contribution in [2.45, 2.75) is 32.9 Å². The molecule has 3 heterocycles. The second kappa shape index (κ2) is 9.47. The molecular weight excluding hydrogens is 436 g/mol. The van der Waals surface area contributed by atoms with Crippen LogP contribution in [0.2, 0.25) is 0 Å². The Kier molecular flexibility index (Phi) is 6.50. The van der Waals surface area contributed by atoms with Crippen LogP contribution in [0.15, 0.2) is 24.3 Å². The average molecular weight is 461 g/mol. The predicted molar refractivity (Wildman–Crippen MR) is 116 cm³/mol. The van der Waals surface area contributed by atoms with Crippen LogP contribution in [0.3, 0.4) is 0 Å². The number of hydrogen-bond acceptors (Lipinski definition) is 8. The number of thiophene rings is 1. The van der Waals surface area contributed by atoms with Crippen molar-refractivity contribution >= 4 is 34.3 Å². The van der Waals surface area contributed by atoms with E-state index in [0.717, 1.165) is 10.4 Å². The summed E-state index contributed by atoms with van der Waals surface area (Å²) >= 11 is 1.25. The summed E-state index contributed by atoms with van der Waals surface area (Å²) in [4.78, 5) is 40.2. The van der Waals surface area contributed by atoms with Gasteiger partial charge in [-0.1, -0.05) is 12.1 Å². The van der Waals surface area contributed by atoms with Crippen LogP contribution < -0.4 is 14.8 Å². The van der Waals surface area contributed by atoms with Gasteiger partial charge in [-0.25, -0.2) is 9.59 Å². The van der Waals surface area contributed by atoms with Crippen molar-refractivity contribution in [3.63, 3.8) is 0 Å². The maximum Gasteiger partial charge on any atom is 0.410 e. The van der Waals surface area contributed by atoms with Crippen molar-refractivity contribution in [3.05, 3.63) is 40.3 Å². The van der Waals surface area contributed by atoms with Gasteiger partial charge in [0.1, 0.15) is 11.6 Å². The number of nitrogens with one attached hydrogen (secondary N) is 1. The molecule has 9 nitrogen and oxygen atoms in total. The van der Waals surface area contributed by atoms with E-state index in [2.05, 4.69) is 5.32 Å². The minimum absolute atomic E-state index is 0.0549. The second-order valence-corrected chi connectivity index (χ2v) is 8.26. The van der Waals surface area contributed by atoms with Gasteiger partial charge in [-0.3, -0.25) is 4.79 Å². The molecule has 0 aliphatic carbocycles. The Hall–Kier alpha value is -3.27. The lowest BCUT2D eigenvalue weighted by Gasteiger charge is -2.26. The number of amides is 2. The summed E-state index contributed by atoms with van der Waals surface area (Å²) in [6.07, 6.45) is -0.804. The smallest absolute Gasteiger partial charge is 0.410 e. The molecule has 4 rings (SSSR count). The SMILES string of the molecule is CCOC(=O)c1c(NC(=O)[C@H]2COc3ccccc3O2)sc2c1CCN(C(=O)OCC)C2. The van der Waals surface area contributed by atoms with Gasteiger partial charge in [0.2, 0.25) is 6.10 Å². The maximum absolute atomic E-state index is 12.9. The van der Waals surface area contributed by atoms with Crippen molar-refractivity contribution in [3.8, 4) is 11.5 Å². The third-order valence-corrected chi connectivity index (χ3v) is 6.23. The molecule has 2 aliphatic heterocycles. The summed E-state index contributed by atoms with van der Waals surface area (Å²) in [5.41, 5.74) is 1.12. The third kappa shape index (κ3) is 4.36. The predicted octanol–water partition coefficient (Wildman–Crippen LogP) is 3.22. The molecule has 32 heavy (non-hydrogen) atoms. The van der Waals surface area contributed by atoms with Crippen molar-refractivity contribution in [1.82, 2.24) is 4.90 Å². The number of carbonyl (C=O) groups excluding carboxylic acids is 3. The number of benzene rings is 1. The molecule has 0 fully saturated rings. The molecule has 0 bridgehead atoms. The van der Waals surface area contributed by atoms with Crippen LogP contribution in [0.4, 0.5) is 9.80 Å². The van der Waals surface area contributed by atoms with Gasteiger partial charge < -0.3 is 29.2 Å². The molecule has 2 amide bonds. The zero-order valence-electron chi connectivity index (χ0n) is 17.8. The first-order valence-corrected chi connectivity index (χ1v) is 11.3. The molecule has 0 radical (unpaired) electrons. The molecule has 2 aromatic rings. The summed E-state index contributed by atoms with van der Waals surface area (Å²) < 4.78 is 21.7. The highest BCUT2D eigenvalue weighted by molar-refractivity contribution is 7.17. The topological polar surface area (TPSA) is 103 Å². The normalized spacial score (nSPS) is 16.7. The van der Waals surface area contributed by atoms with E-state index in [9.17, 15) is 14.4 Å². The lowest BCUT2D eigenvalue weighted by molar-refractivity contribution is -0.125. The van der Waals surface area contributed by atoms with Crippen molar-refractivity contribution in [2.24, 2.45) is 0 Å². The molecule has 0 unspecified atom stereocenters. The quantitative estimate of drug-likeness (QED) is 0.684. The number of ether oxygens (including phenoxy) is 4.